The molecular weight excluding hydrogens is 214 g/mol. The summed E-state index contributed by atoms with van der Waals surface area (Å²) in [6, 6.07) is 0.553. The molecule has 4 unspecified atom stereocenters. The molecule has 4 aliphatic rings. The van der Waals surface area contributed by atoms with Crippen molar-refractivity contribution in [3.63, 3.8) is 0 Å². The van der Waals surface area contributed by atoms with E-state index in [2.05, 4.69) is 4.90 Å². The highest BCUT2D eigenvalue weighted by Gasteiger charge is 2.55. The predicted molar refractivity (Wildman–Crippen MR) is 63.3 cm³/mol. The molecule has 2 heterocycles. The van der Waals surface area contributed by atoms with Crippen molar-refractivity contribution in [1.82, 2.24) is 4.90 Å². The Morgan fingerprint density at radius 3 is 2.71 bits per heavy atom. The van der Waals surface area contributed by atoms with Gasteiger partial charge >= 0.3 is 5.97 Å². The molecule has 0 aromatic heterocycles. The molecule has 3 heteroatoms. The summed E-state index contributed by atoms with van der Waals surface area (Å²) in [7, 11) is 0. The van der Waals surface area contributed by atoms with E-state index in [4.69, 9.17) is 0 Å². The molecule has 0 spiro atoms. The second kappa shape index (κ2) is 3.27. The van der Waals surface area contributed by atoms with Crippen molar-refractivity contribution < 1.29 is 9.90 Å². The molecule has 4 rings (SSSR count). The van der Waals surface area contributed by atoms with Crippen molar-refractivity contribution in [2.75, 3.05) is 6.54 Å². The van der Waals surface area contributed by atoms with E-state index in [1.165, 1.54) is 44.1 Å². The molecular formula is C14H19NO2. The van der Waals surface area contributed by atoms with Crippen LogP contribution in [0.4, 0.5) is 0 Å². The van der Waals surface area contributed by atoms with Gasteiger partial charge in [-0.05, 0) is 49.0 Å². The number of fused-ring (bicyclic) bond motifs is 5. The number of carboxylic acids is 1. The van der Waals surface area contributed by atoms with E-state index >= 15 is 0 Å². The summed E-state index contributed by atoms with van der Waals surface area (Å²) >= 11 is 0. The Labute approximate surface area is 101 Å². The van der Waals surface area contributed by atoms with Gasteiger partial charge in [-0.15, -0.1) is 0 Å². The van der Waals surface area contributed by atoms with Gasteiger partial charge in [-0.3, -0.25) is 0 Å². The van der Waals surface area contributed by atoms with Crippen molar-refractivity contribution in [3.05, 3.63) is 11.3 Å². The van der Waals surface area contributed by atoms with Gasteiger partial charge in [-0.25, -0.2) is 4.79 Å². The molecule has 3 fully saturated rings. The van der Waals surface area contributed by atoms with Crippen LogP contribution in [-0.2, 0) is 4.79 Å². The maximum atomic E-state index is 11.5. The molecule has 92 valence electrons. The maximum absolute atomic E-state index is 11.5. The van der Waals surface area contributed by atoms with Crippen LogP contribution in [0.25, 0.3) is 0 Å². The minimum atomic E-state index is -0.668. The van der Waals surface area contributed by atoms with Gasteiger partial charge in [0, 0.05) is 12.6 Å². The van der Waals surface area contributed by atoms with E-state index in [-0.39, 0.29) is 0 Å². The van der Waals surface area contributed by atoms with Crippen molar-refractivity contribution >= 4 is 5.97 Å². The smallest absolute Gasteiger partial charge is 0.352 e. The summed E-state index contributed by atoms with van der Waals surface area (Å²) in [6.07, 6.45) is 7.70. The van der Waals surface area contributed by atoms with Gasteiger partial charge < -0.3 is 10.0 Å². The summed E-state index contributed by atoms with van der Waals surface area (Å²) < 4.78 is 0. The second-order valence-electron chi connectivity index (χ2n) is 6.14. The molecule has 0 radical (unpaired) electrons. The second-order valence-corrected chi connectivity index (χ2v) is 6.14. The molecule has 2 saturated carbocycles. The lowest BCUT2D eigenvalue weighted by Crippen LogP contribution is -2.59. The van der Waals surface area contributed by atoms with Crippen LogP contribution >= 0.6 is 0 Å². The number of hydrogen-bond acceptors (Lipinski definition) is 2. The number of allylic oxidation sites excluding steroid dienone is 1. The SMILES string of the molecule is O=C(O)C1=C2C3CCCCC3C2CC2CCN12. The zero-order valence-electron chi connectivity index (χ0n) is 10.1. The molecule has 3 nitrogen and oxygen atoms in total. The van der Waals surface area contributed by atoms with E-state index in [9.17, 15) is 9.90 Å². The molecule has 2 aliphatic carbocycles. The van der Waals surface area contributed by atoms with Gasteiger partial charge in [0.15, 0.2) is 0 Å². The zero-order chi connectivity index (χ0) is 11.6. The molecule has 2 aliphatic heterocycles. The topological polar surface area (TPSA) is 40.5 Å². The minimum absolute atomic E-state index is 0.553. The van der Waals surface area contributed by atoms with Gasteiger partial charge in [0.25, 0.3) is 0 Å². The molecule has 0 amide bonds. The van der Waals surface area contributed by atoms with Crippen molar-refractivity contribution in [1.29, 1.82) is 0 Å². The molecule has 1 N–H and O–H groups in total. The standard InChI is InChI=1S/C14H19NO2/c16-14(17)13-12-10-4-2-1-3-9(10)11(12)7-8-5-6-15(8)13/h8-11H,1-7H2,(H,16,17). The third-order valence-electron chi connectivity index (χ3n) is 5.57. The third-order valence-corrected chi connectivity index (χ3v) is 5.57. The van der Waals surface area contributed by atoms with Crippen molar-refractivity contribution in [3.8, 4) is 0 Å². The van der Waals surface area contributed by atoms with Gasteiger partial charge in [0.2, 0.25) is 0 Å². The normalized spacial score (nSPS) is 42.9. The van der Waals surface area contributed by atoms with E-state index in [1.54, 1.807) is 0 Å². The van der Waals surface area contributed by atoms with Crippen molar-refractivity contribution in [2.45, 2.75) is 44.6 Å². The highest BCUT2D eigenvalue weighted by molar-refractivity contribution is 5.88. The Balaban J connectivity index is 1.76. The summed E-state index contributed by atoms with van der Waals surface area (Å²) in [5.41, 5.74) is 2.04. The first kappa shape index (κ1) is 9.98. The fourth-order valence-corrected chi connectivity index (χ4v) is 4.75. The number of aliphatic carboxylic acids is 1. The molecule has 0 bridgehead atoms. The van der Waals surface area contributed by atoms with Crippen LogP contribution in [0.2, 0.25) is 0 Å². The maximum Gasteiger partial charge on any atom is 0.352 e. The first-order valence-electron chi connectivity index (χ1n) is 7.01. The van der Waals surface area contributed by atoms with Crippen molar-refractivity contribution in [2.24, 2.45) is 17.8 Å². The lowest BCUT2D eigenvalue weighted by molar-refractivity contribution is -0.137. The van der Waals surface area contributed by atoms with Crippen LogP contribution in [0.5, 0.6) is 0 Å². The first-order chi connectivity index (χ1) is 8.27. The molecule has 0 aromatic rings. The van der Waals surface area contributed by atoms with Gasteiger partial charge in [-0.1, -0.05) is 12.8 Å². The summed E-state index contributed by atoms with van der Waals surface area (Å²) in [6.45, 7) is 0.972. The number of carboxylic acid groups (broad SMARTS) is 1. The van der Waals surface area contributed by atoms with Crippen LogP contribution in [0, 0.1) is 17.8 Å². The number of carbonyl (C=O) groups is 1. The highest BCUT2D eigenvalue weighted by atomic mass is 16.4. The zero-order valence-corrected chi connectivity index (χ0v) is 10.1. The number of hydrogen-bond donors (Lipinski definition) is 1. The minimum Gasteiger partial charge on any atom is -0.477 e. The summed E-state index contributed by atoms with van der Waals surface area (Å²) in [5, 5.41) is 9.47. The van der Waals surface area contributed by atoms with Crippen LogP contribution in [-0.4, -0.2) is 28.6 Å². The molecule has 4 atom stereocenters. The molecule has 1 saturated heterocycles. The van der Waals surface area contributed by atoms with Gasteiger partial charge in [-0.2, -0.15) is 0 Å². The molecule has 0 aromatic carbocycles. The quantitative estimate of drug-likeness (QED) is 0.755. The predicted octanol–water partition coefficient (Wildman–Crippen LogP) is 2.24. The van der Waals surface area contributed by atoms with Crippen LogP contribution in [0.15, 0.2) is 11.3 Å². The van der Waals surface area contributed by atoms with E-state index in [1.807, 2.05) is 0 Å². The Morgan fingerprint density at radius 2 is 2.00 bits per heavy atom. The van der Waals surface area contributed by atoms with Crippen LogP contribution in [0.3, 0.4) is 0 Å². The number of nitrogens with zero attached hydrogens (tertiary/aromatic N) is 1. The van der Waals surface area contributed by atoms with E-state index < -0.39 is 5.97 Å². The lowest BCUT2D eigenvalue weighted by Gasteiger charge is -2.60. The van der Waals surface area contributed by atoms with Gasteiger partial charge in [0.1, 0.15) is 5.70 Å². The van der Waals surface area contributed by atoms with Crippen LogP contribution < -0.4 is 0 Å². The Bertz CT molecular complexity index is 414. The van der Waals surface area contributed by atoms with Crippen LogP contribution in [0.1, 0.15) is 38.5 Å². The largest absolute Gasteiger partial charge is 0.477 e. The highest BCUT2D eigenvalue weighted by Crippen LogP contribution is 2.59. The first-order valence-corrected chi connectivity index (χ1v) is 7.01. The van der Waals surface area contributed by atoms with E-state index in [0.717, 1.165) is 12.5 Å². The fourth-order valence-electron chi connectivity index (χ4n) is 4.75. The van der Waals surface area contributed by atoms with E-state index in [0.29, 0.717) is 23.6 Å². The van der Waals surface area contributed by atoms with Gasteiger partial charge in [0.05, 0.1) is 0 Å². The molecule has 17 heavy (non-hydrogen) atoms. The summed E-state index contributed by atoms with van der Waals surface area (Å²) in [4.78, 5) is 13.7. The Hall–Kier alpha value is -0.990. The average Bonchev–Trinajstić information content (AvgIpc) is 2.27. The average molecular weight is 233 g/mol. The fraction of sp³-hybridized carbons (Fsp3) is 0.786. The third kappa shape index (κ3) is 1.15. The number of rotatable bonds is 1. The summed E-state index contributed by atoms with van der Waals surface area (Å²) in [5.74, 6) is 1.42. The Kier molecular flexibility index (Phi) is 1.92. The lowest BCUT2D eigenvalue weighted by atomic mass is 9.51. The monoisotopic (exact) mass is 233 g/mol. The Morgan fingerprint density at radius 1 is 1.18 bits per heavy atom.